The molecular weight excluding hydrogens is 274 g/mol. The van der Waals surface area contributed by atoms with Crippen molar-refractivity contribution in [2.75, 3.05) is 25.0 Å². The van der Waals surface area contributed by atoms with Gasteiger partial charge in [-0.3, -0.25) is 4.79 Å². The topological polar surface area (TPSA) is 58.4 Å². The summed E-state index contributed by atoms with van der Waals surface area (Å²) in [5.41, 5.74) is 6.57. The molecule has 0 atom stereocenters. The van der Waals surface area contributed by atoms with E-state index < -0.39 is 5.91 Å². The standard InChI is InChI=1S/C15H22ClN3O/c1-2-7-19-8-5-11(6-9-19)18-12-3-4-13(15(17)20)14(16)10-12/h3-4,10-11,18H,2,5-9H2,1H3,(H2,17,20). The second kappa shape index (κ2) is 6.95. The molecule has 0 spiro atoms. The van der Waals surface area contributed by atoms with Gasteiger partial charge in [-0.15, -0.1) is 0 Å². The zero-order valence-electron chi connectivity index (χ0n) is 11.9. The monoisotopic (exact) mass is 295 g/mol. The lowest BCUT2D eigenvalue weighted by Crippen LogP contribution is -2.39. The first-order valence-electron chi connectivity index (χ1n) is 7.18. The lowest BCUT2D eigenvalue weighted by molar-refractivity contribution is 0.100. The fraction of sp³-hybridized carbons (Fsp3) is 0.533. The Labute approximate surface area is 125 Å². The lowest BCUT2D eigenvalue weighted by Gasteiger charge is -2.32. The van der Waals surface area contributed by atoms with E-state index in [0.29, 0.717) is 16.6 Å². The van der Waals surface area contributed by atoms with Crippen molar-refractivity contribution in [3.8, 4) is 0 Å². The molecule has 0 unspecified atom stereocenters. The van der Waals surface area contributed by atoms with E-state index in [1.54, 1.807) is 12.1 Å². The molecule has 1 amide bonds. The number of halogens is 1. The number of primary amides is 1. The zero-order valence-corrected chi connectivity index (χ0v) is 12.6. The Kier molecular flexibility index (Phi) is 5.26. The molecule has 0 bridgehead atoms. The van der Waals surface area contributed by atoms with Gasteiger partial charge in [-0.25, -0.2) is 0 Å². The van der Waals surface area contributed by atoms with E-state index in [-0.39, 0.29) is 0 Å². The largest absolute Gasteiger partial charge is 0.382 e. The van der Waals surface area contributed by atoms with Gasteiger partial charge in [0.15, 0.2) is 0 Å². The first kappa shape index (κ1) is 15.1. The van der Waals surface area contributed by atoms with E-state index in [1.165, 1.54) is 13.0 Å². The Bertz CT molecular complexity index is 470. The number of rotatable bonds is 5. The van der Waals surface area contributed by atoms with Crippen LogP contribution in [0, 0.1) is 0 Å². The molecule has 1 fully saturated rings. The Balaban J connectivity index is 1.91. The normalized spacial score (nSPS) is 17.1. The van der Waals surface area contributed by atoms with Crippen LogP contribution in [0.2, 0.25) is 5.02 Å². The smallest absolute Gasteiger partial charge is 0.250 e. The fourth-order valence-corrected chi connectivity index (χ4v) is 2.93. The van der Waals surface area contributed by atoms with Crippen LogP contribution in [-0.2, 0) is 0 Å². The second-order valence-corrected chi connectivity index (χ2v) is 5.73. The molecule has 20 heavy (non-hydrogen) atoms. The van der Waals surface area contributed by atoms with Gasteiger partial charge in [-0.2, -0.15) is 0 Å². The van der Waals surface area contributed by atoms with Gasteiger partial charge >= 0.3 is 0 Å². The third kappa shape index (κ3) is 3.87. The van der Waals surface area contributed by atoms with Crippen LogP contribution in [0.15, 0.2) is 18.2 Å². The van der Waals surface area contributed by atoms with E-state index in [2.05, 4.69) is 17.1 Å². The zero-order chi connectivity index (χ0) is 14.5. The molecule has 1 aliphatic rings. The molecule has 4 nitrogen and oxygen atoms in total. The van der Waals surface area contributed by atoms with Crippen molar-refractivity contribution >= 4 is 23.2 Å². The highest BCUT2D eigenvalue weighted by atomic mass is 35.5. The van der Waals surface area contributed by atoms with E-state index in [0.717, 1.165) is 31.6 Å². The minimum Gasteiger partial charge on any atom is -0.382 e. The molecule has 1 heterocycles. The van der Waals surface area contributed by atoms with Crippen molar-refractivity contribution in [2.45, 2.75) is 32.2 Å². The molecule has 110 valence electrons. The molecular formula is C15H22ClN3O. The summed E-state index contributed by atoms with van der Waals surface area (Å²) in [6, 6.07) is 5.79. The van der Waals surface area contributed by atoms with Crippen molar-refractivity contribution in [3.05, 3.63) is 28.8 Å². The minimum absolute atomic E-state index is 0.370. The maximum absolute atomic E-state index is 11.1. The highest BCUT2D eigenvalue weighted by Gasteiger charge is 2.18. The van der Waals surface area contributed by atoms with Crippen molar-refractivity contribution in [1.82, 2.24) is 4.90 Å². The number of benzene rings is 1. The van der Waals surface area contributed by atoms with Crippen LogP contribution in [0.1, 0.15) is 36.5 Å². The van der Waals surface area contributed by atoms with Crippen LogP contribution in [0.25, 0.3) is 0 Å². The Morgan fingerprint density at radius 3 is 2.70 bits per heavy atom. The van der Waals surface area contributed by atoms with Gasteiger partial charge in [0.25, 0.3) is 0 Å². The van der Waals surface area contributed by atoms with Gasteiger partial charge in [0, 0.05) is 24.8 Å². The average molecular weight is 296 g/mol. The maximum Gasteiger partial charge on any atom is 0.250 e. The predicted octanol–water partition coefficient (Wildman–Crippen LogP) is 2.73. The second-order valence-electron chi connectivity index (χ2n) is 5.32. The quantitative estimate of drug-likeness (QED) is 0.878. The van der Waals surface area contributed by atoms with E-state index in [4.69, 9.17) is 17.3 Å². The number of hydrogen-bond donors (Lipinski definition) is 2. The van der Waals surface area contributed by atoms with Crippen LogP contribution in [-0.4, -0.2) is 36.5 Å². The number of likely N-dealkylation sites (tertiary alicyclic amines) is 1. The summed E-state index contributed by atoms with van der Waals surface area (Å²) >= 11 is 6.06. The number of anilines is 1. The third-order valence-electron chi connectivity index (χ3n) is 3.73. The van der Waals surface area contributed by atoms with Crippen LogP contribution in [0.3, 0.4) is 0 Å². The highest BCUT2D eigenvalue weighted by Crippen LogP contribution is 2.23. The van der Waals surface area contributed by atoms with Gasteiger partial charge in [0.05, 0.1) is 10.6 Å². The van der Waals surface area contributed by atoms with Crippen LogP contribution < -0.4 is 11.1 Å². The van der Waals surface area contributed by atoms with Gasteiger partial charge < -0.3 is 16.0 Å². The molecule has 3 N–H and O–H groups in total. The van der Waals surface area contributed by atoms with Gasteiger partial charge in [0.1, 0.15) is 0 Å². The molecule has 5 heteroatoms. The van der Waals surface area contributed by atoms with E-state index in [9.17, 15) is 4.79 Å². The highest BCUT2D eigenvalue weighted by molar-refractivity contribution is 6.34. The van der Waals surface area contributed by atoms with E-state index in [1.807, 2.05) is 6.07 Å². The Morgan fingerprint density at radius 2 is 2.15 bits per heavy atom. The molecule has 1 aliphatic heterocycles. The summed E-state index contributed by atoms with van der Waals surface area (Å²) in [6.45, 7) is 5.68. The summed E-state index contributed by atoms with van der Waals surface area (Å²) in [5, 5.41) is 3.90. The number of amides is 1. The van der Waals surface area contributed by atoms with E-state index >= 15 is 0 Å². The third-order valence-corrected chi connectivity index (χ3v) is 4.05. The van der Waals surface area contributed by atoms with Crippen molar-refractivity contribution in [2.24, 2.45) is 5.73 Å². The number of carbonyl (C=O) groups excluding carboxylic acids is 1. The lowest BCUT2D eigenvalue weighted by atomic mass is 10.0. The number of nitrogens with zero attached hydrogens (tertiary/aromatic N) is 1. The van der Waals surface area contributed by atoms with Crippen molar-refractivity contribution in [3.63, 3.8) is 0 Å². The Morgan fingerprint density at radius 1 is 1.45 bits per heavy atom. The number of nitrogens with two attached hydrogens (primary N) is 1. The molecule has 0 radical (unpaired) electrons. The summed E-state index contributed by atoms with van der Waals surface area (Å²) in [6.07, 6.45) is 3.48. The molecule has 1 saturated heterocycles. The fourth-order valence-electron chi connectivity index (χ4n) is 2.66. The number of carbonyl (C=O) groups is 1. The maximum atomic E-state index is 11.1. The summed E-state index contributed by atoms with van der Waals surface area (Å²) in [4.78, 5) is 13.6. The summed E-state index contributed by atoms with van der Waals surface area (Å²) in [7, 11) is 0. The van der Waals surface area contributed by atoms with Gasteiger partial charge in [0.2, 0.25) is 5.91 Å². The average Bonchev–Trinajstić information content (AvgIpc) is 2.41. The number of hydrogen-bond acceptors (Lipinski definition) is 3. The van der Waals surface area contributed by atoms with Crippen LogP contribution >= 0.6 is 11.6 Å². The molecule has 2 rings (SSSR count). The van der Waals surface area contributed by atoms with Gasteiger partial charge in [-0.05, 0) is 44.0 Å². The molecule has 0 aliphatic carbocycles. The van der Waals surface area contributed by atoms with Crippen molar-refractivity contribution < 1.29 is 4.79 Å². The molecule has 0 saturated carbocycles. The minimum atomic E-state index is -0.491. The first-order valence-corrected chi connectivity index (χ1v) is 7.56. The summed E-state index contributed by atoms with van der Waals surface area (Å²) in [5.74, 6) is -0.491. The number of piperidine rings is 1. The van der Waals surface area contributed by atoms with Crippen LogP contribution in [0.5, 0.6) is 0 Å². The Hall–Kier alpha value is -1.26. The number of nitrogens with one attached hydrogen (secondary N) is 1. The first-order chi connectivity index (χ1) is 9.60. The predicted molar refractivity (Wildman–Crippen MR) is 83.3 cm³/mol. The van der Waals surface area contributed by atoms with Crippen molar-refractivity contribution in [1.29, 1.82) is 0 Å². The molecule has 1 aromatic carbocycles. The molecule has 0 aromatic heterocycles. The van der Waals surface area contributed by atoms with Crippen LogP contribution in [0.4, 0.5) is 5.69 Å². The SMILES string of the molecule is CCCN1CCC(Nc2ccc(C(N)=O)c(Cl)c2)CC1. The summed E-state index contributed by atoms with van der Waals surface area (Å²) < 4.78 is 0. The molecule has 1 aromatic rings. The van der Waals surface area contributed by atoms with Gasteiger partial charge in [-0.1, -0.05) is 18.5 Å².